The van der Waals surface area contributed by atoms with Gasteiger partial charge in [-0.1, -0.05) is 0 Å². The minimum atomic E-state index is -0.425. The minimum absolute atomic E-state index is 0.326. The smallest absolute Gasteiger partial charge is 0.315 e. The van der Waals surface area contributed by atoms with Crippen LogP contribution < -0.4 is 5.32 Å². The van der Waals surface area contributed by atoms with Crippen LogP contribution >= 0.6 is 0 Å². The summed E-state index contributed by atoms with van der Waals surface area (Å²) in [4.78, 5) is 21.8. The lowest BCUT2D eigenvalue weighted by molar-refractivity contribution is -0.147. The number of hydrogen-bond donors (Lipinski definition) is 1. The van der Waals surface area contributed by atoms with E-state index in [-0.39, 0.29) is 5.97 Å². The molecule has 0 aliphatic carbocycles. The van der Waals surface area contributed by atoms with Crippen molar-refractivity contribution < 1.29 is 14.3 Å². The van der Waals surface area contributed by atoms with Crippen molar-refractivity contribution in [3.8, 4) is 0 Å². The zero-order chi connectivity index (χ0) is 9.68. The van der Waals surface area contributed by atoms with Gasteiger partial charge in [-0.15, -0.1) is 0 Å². The van der Waals surface area contributed by atoms with E-state index >= 15 is 0 Å². The van der Waals surface area contributed by atoms with Gasteiger partial charge in [0.25, 0.3) is 0 Å². The number of carbonyl (C=O) groups excluding carboxylic acids is 2. The maximum absolute atomic E-state index is 11.3. The first-order chi connectivity index (χ1) is 6.29. The van der Waals surface area contributed by atoms with Gasteiger partial charge in [-0.25, -0.2) is 4.79 Å². The first kappa shape index (κ1) is 9.81. The van der Waals surface area contributed by atoms with Crippen molar-refractivity contribution in [2.45, 2.75) is 19.8 Å². The molecular formula is C9H13NO3. The average molecular weight is 183 g/mol. The van der Waals surface area contributed by atoms with Gasteiger partial charge >= 0.3 is 5.97 Å². The van der Waals surface area contributed by atoms with E-state index in [2.05, 4.69) is 5.32 Å². The molecule has 1 fully saturated rings. The third-order valence-electron chi connectivity index (χ3n) is 2.01. The molecule has 13 heavy (non-hydrogen) atoms. The molecule has 1 N–H and O–H groups in total. The van der Waals surface area contributed by atoms with Crippen LogP contribution in [-0.2, 0) is 14.3 Å². The van der Waals surface area contributed by atoms with Crippen molar-refractivity contribution in [3.63, 3.8) is 0 Å². The van der Waals surface area contributed by atoms with E-state index in [1.54, 1.807) is 12.9 Å². The van der Waals surface area contributed by atoms with Crippen LogP contribution in [0.2, 0.25) is 0 Å². The van der Waals surface area contributed by atoms with Gasteiger partial charge in [0.05, 0.1) is 6.61 Å². The molecule has 1 heterocycles. The Balaban J connectivity index is 2.64. The Kier molecular flexibility index (Phi) is 3.53. The molecule has 1 aliphatic heterocycles. The fourth-order valence-electron chi connectivity index (χ4n) is 1.38. The summed E-state index contributed by atoms with van der Waals surface area (Å²) in [6.07, 6.45) is 1.56. The van der Waals surface area contributed by atoms with Crippen LogP contribution in [0.1, 0.15) is 19.8 Å². The molecule has 0 spiro atoms. The lowest BCUT2D eigenvalue weighted by Crippen LogP contribution is -2.33. The largest absolute Gasteiger partial charge is 0.465 e. The Hall–Kier alpha value is -1.28. The van der Waals surface area contributed by atoms with E-state index < -0.39 is 5.92 Å². The summed E-state index contributed by atoms with van der Waals surface area (Å²) in [6.45, 7) is 2.83. The number of esters is 1. The maximum Gasteiger partial charge on any atom is 0.315 e. The Morgan fingerprint density at radius 1 is 1.77 bits per heavy atom. The molecule has 1 unspecified atom stereocenters. The van der Waals surface area contributed by atoms with Crippen LogP contribution in [-0.4, -0.2) is 25.1 Å². The van der Waals surface area contributed by atoms with Crippen LogP contribution in [0, 0.1) is 5.92 Å². The molecule has 0 aromatic rings. The standard InChI is InChI=1S/C9H13NO3/c1-2-13-9(12)7-4-3-5-10-8(7)6-11/h7,10H,2-5H2,1H3. The highest BCUT2D eigenvalue weighted by Gasteiger charge is 2.27. The normalized spacial score (nSPS) is 21.6. The van der Waals surface area contributed by atoms with Crippen molar-refractivity contribution in [2.75, 3.05) is 13.2 Å². The van der Waals surface area contributed by atoms with E-state index in [0.29, 0.717) is 18.7 Å². The lowest BCUT2D eigenvalue weighted by Gasteiger charge is -2.22. The molecule has 1 atom stereocenters. The molecule has 4 nitrogen and oxygen atoms in total. The van der Waals surface area contributed by atoms with Gasteiger partial charge in [0, 0.05) is 6.54 Å². The fraction of sp³-hybridized carbons (Fsp3) is 0.667. The van der Waals surface area contributed by atoms with Crippen LogP contribution in [0.4, 0.5) is 0 Å². The van der Waals surface area contributed by atoms with Crippen molar-refractivity contribution in [3.05, 3.63) is 5.70 Å². The number of hydrogen-bond acceptors (Lipinski definition) is 4. The zero-order valence-electron chi connectivity index (χ0n) is 7.63. The predicted molar refractivity (Wildman–Crippen MR) is 46.6 cm³/mol. The van der Waals surface area contributed by atoms with Crippen LogP contribution in [0.15, 0.2) is 5.70 Å². The minimum Gasteiger partial charge on any atom is -0.465 e. The summed E-state index contributed by atoms with van der Waals surface area (Å²) < 4.78 is 4.83. The van der Waals surface area contributed by atoms with Gasteiger partial charge in [-0.3, -0.25) is 4.79 Å². The second kappa shape index (κ2) is 4.67. The van der Waals surface area contributed by atoms with Crippen molar-refractivity contribution in [2.24, 2.45) is 5.92 Å². The van der Waals surface area contributed by atoms with Crippen molar-refractivity contribution in [1.82, 2.24) is 5.32 Å². The molecule has 4 heteroatoms. The fourth-order valence-corrected chi connectivity index (χ4v) is 1.38. The first-order valence-electron chi connectivity index (χ1n) is 4.45. The van der Waals surface area contributed by atoms with Gasteiger partial charge in [0.1, 0.15) is 17.6 Å². The summed E-state index contributed by atoms with van der Waals surface area (Å²) >= 11 is 0. The zero-order valence-corrected chi connectivity index (χ0v) is 7.63. The summed E-state index contributed by atoms with van der Waals surface area (Å²) in [5, 5.41) is 2.85. The first-order valence-corrected chi connectivity index (χ1v) is 4.45. The monoisotopic (exact) mass is 183 g/mol. The molecule has 0 amide bonds. The Morgan fingerprint density at radius 2 is 2.54 bits per heavy atom. The highest BCUT2D eigenvalue weighted by Crippen LogP contribution is 2.18. The molecular weight excluding hydrogens is 170 g/mol. The predicted octanol–water partition coefficient (Wildman–Crippen LogP) is 0.265. The third-order valence-corrected chi connectivity index (χ3v) is 2.01. The molecule has 0 aromatic carbocycles. The van der Waals surface area contributed by atoms with E-state index in [1.165, 1.54) is 0 Å². The van der Waals surface area contributed by atoms with Crippen LogP contribution in [0.5, 0.6) is 0 Å². The molecule has 1 rings (SSSR count). The van der Waals surface area contributed by atoms with E-state index in [4.69, 9.17) is 4.74 Å². The Morgan fingerprint density at radius 3 is 3.15 bits per heavy atom. The SMILES string of the molecule is CCOC(=O)C1CCCNC1=C=O. The van der Waals surface area contributed by atoms with Crippen LogP contribution in [0.25, 0.3) is 0 Å². The quantitative estimate of drug-likeness (QED) is 0.493. The molecule has 0 radical (unpaired) electrons. The molecule has 0 aromatic heterocycles. The molecule has 72 valence electrons. The second-order valence-electron chi connectivity index (χ2n) is 2.89. The Bertz CT molecular complexity index is 243. The lowest BCUT2D eigenvalue weighted by atomic mass is 9.96. The second-order valence-corrected chi connectivity index (χ2v) is 2.89. The van der Waals surface area contributed by atoms with Gasteiger partial charge in [-0.2, -0.15) is 0 Å². The number of rotatable bonds is 2. The number of carbonyl (C=O) groups is 1. The van der Waals surface area contributed by atoms with Crippen molar-refractivity contribution in [1.29, 1.82) is 0 Å². The molecule has 1 saturated heterocycles. The van der Waals surface area contributed by atoms with Crippen molar-refractivity contribution >= 4 is 11.9 Å². The van der Waals surface area contributed by atoms with Gasteiger partial charge < -0.3 is 10.1 Å². The molecule has 0 saturated carbocycles. The average Bonchev–Trinajstić information content (AvgIpc) is 2.18. The van der Waals surface area contributed by atoms with E-state index in [0.717, 1.165) is 13.0 Å². The number of nitrogens with one attached hydrogen (secondary N) is 1. The molecule has 0 bridgehead atoms. The summed E-state index contributed by atoms with van der Waals surface area (Å²) in [5.74, 6) is 0.997. The molecule has 1 aliphatic rings. The van der Waals surface area contributed by atoms with Gasteiger partial charge in [0.2, 0.25) is 0 Å². The van der Waals surface area contributed by atoms with Gasteiger partial charge in [-0.05, 0) is 19.8 Å². The summed E-state index contributed by atoms with van der Waals surface area (Å²) in [7, 11) is 0. The van der Waals surface area contributed by atoms with E-state index in [1.807, 2.05) is 0 Å². The van der Waals surface area contributed by atoms with E-state index in [9.17, 15) is 9.59 Å². The summed E-state index contributed by atoms with van der Waals surface area (Å²) in [5.41, 5.74) is 0.338. The Labute approximate surface area is 76.9 Å². The maximum atomic E-state index is 11.3. The topological polar surface area (TPSA) is 55.4 Å². The van der Waals surface area contributed by atoms with Gasteiger partial charge in [0.15, 0.2) is 0 Å². The van der Waals surface area contributed by atoms with Crippen LogP contribution in [0.3, 0.4) is 0 Å². The number of piperidine rings is 1. The summed E-state index contributed by atoms with van der Waals surface area (Å²) in [6, 6.07) is 0. The third kappa shape index (κ3) is 2.33. The highest BCUT2D eigenvalue weighted by atomic mass is 16.5. The number of ether oxygens (including phenoxy) is 1. The highest BCUT2D eigenvalue weighted by molar-refractivity contribution is 5.79.